The molecule has 1 saturated heterocycles. The van der Waals surface area contributed by atoms with Gasteiger partial charge in [0.15, 0.2) is 11.8 Å². The fourth-order valence-electron chi connectivity index (χ4n) is 5.27. The molecule has 3 unspecified atom stereocenters. The van der Waals surface area contributed by atoms with Crippen LogP contribution in [0, 0.1) is 5.92 Å². The second-order valence-corrected chi connectivity index (χ2v) is 10.6. The summed E-state index contributed by atoms with van der Waals surface area (Å²) in [6, 6.07) is 31.7. The number of aromatic nitrogens is 1. The van der Waals surface area contributed by atoms with E-state index >= 15 is 0 Å². The molecular weight excluding hydrogens is 526 g/mol. The van der Waals surface area contributed by atoms with Gasteiger partial charge in [-0.1, -0.05) is 85.8 Å². The summed E-state index contributed by atoms with van der Waals surface area (Å²) in [5.41, 5.74) is 3.22. The number of para-hydroxylation sites is 1. The number of pyridine rings is 1. The van der Waals surface area contributed by atoms with Crippen molar-refractivity contribution >= 4 is 17.4 Å². The fourth-order valence-corrected chi connectivity index (χ4v) is 5.27. The molecule has 42 heavy (non-hydrogen) atoms. The Morgan fingerprint density at radius 2 is 1.62 bits per heavy atom. The molecule has 1 fully saturated rings. The van der Waals surface area contributed by atoms with E-state index in [1.54, 1.807) is 12.3 Å². The van der Waals surface area contributed by atoms with Crippen LogP contribution in [0.1, 0.15) is 47.3 Å². The van der Waals surface area contributed by atoms with Crippen molar-refractivity contribution < 1.29 is 19.1 Å². The minimum atomic E-state index is -0.762. The van der Waals surface area contributed by atoms with Crippen LogP contribution in [0.15, 0.2) is 109 Å². The predicted octanol–water partition coefficient (Wildman–Crippen LogP) is 6.34. The van der Waals surface area contributed by atoms with Gasteiger partial charge in [-0.15, -0.1) is 0 Å². The minimum Gasteiger partial charge on any atom is -0.473 e. The van der Waals surface area contributed by atoms with Gasteiger partial charge in [0, 0.05) is 35.6 Å². The van der Waals surface area contributed by atoms with Crippen LogP contribution in [0.4, 0.5) is 5.69 Å². The monoisotopic (exact) mass is 563 g/mol. The minimum absolute atomic E-state index is 0.0693. The Morgan fingerprint density at radius 1 is 0.929 bits per heavy atom. The van der Waals surface area contributed by atoms with E-state index in [1.165, 1.54) is 0 Å². The van der Waals surface area contributed by atoms with Crippen molar-refractivity contribution in [1.82, 2.24) is 9.88 Å². The Balaban J connectivity index is 1.28. The van der Waals surface area contributed by atoms with Crippen molar-refractivity contribution in [2.45, 2.75) is 38.5 Å². The van der Waals surface area contributed by atoms with E-state index in [9.17, 15) is 9.59 Å². The molecule has 216 valence electrons. The van der Waals surface area contributed by atoms with Gasteiger partial charge in [-0.2, -0.15) is 0 Å². The van der Waals surface area contributed by atoms with Gasteiger partial charge in [-0.25, -0.2) is 9.78 Å². The van der Waals surface area contributed by atoms with Crippen molar-refractivity contribution in [3.8, 4) is 5.88 Å². The number of hydrogen-bond donors (Lipinski definition) is 1. The van der Waals surface area contributed by atoms with Gasteiger partial charge in [0.05, 0.1) is 6.54 Å². The summed E-state index contributed by atoms with van der Waals surface area (Å²) in [5.74, 6) is 0.394. The summed E-state index contributed by atoms with van der Waals surface area (Å²) in [6.07, 6.45) is 3.10. The molecule has 4 aromatic rings. The molecule has 0 amide bonds. The van der Waals surface area contributed by atoms with Crippen LogP contribution >= 0.6 is 0 Å². The summed E-state index contributed by atoms with van der Waals surface area (Å²) >= 11 is 0. The lowest BCUT2D eigenvalue weighted by Gasteiger charge is -2.38. The Kier molecular flexibility index (Phi) is 9.96. The van der Waals surface area contributed by atoms with E-state index in [0.717, 1.165) is 30.6 Å². The van der Waals surface area contributed by atoms with Gasteiger partial charge in [-0.05, 0) is 49.1 Å². The number of piperidine rings is 1. The lowest BCUT2D eigenvalue weighted by atomic mass is 9.91. The highest BCUT2D eigenvalue weighted by molar-refractivity contribution is 5.97. The molecule has 1 aliphatic rings. The molecule has 1 N–H and O–H groups in total. The van der Waals surface area contributed by atoms with Crippen LogP contribution < -0.4 is 10.1 Å². The Morgan fingerprint density at radius 3 is 2.29 bits per heavy atom. The van der Waals surface area contributed by atoms with Crippen LogP contribution in [0.2, 0.25) is 0 Å². The molecule has 3 atom stereocenters. The maximum Gasteiger partial charge on any atom is 0.333 e. The first-order valence-corrected chi connectivity index (χ1v) is 14.5. The van der Waals surface area contributed by atoms with Crippen LogP contribution in [-0.4, -0.2) is 47.4 Å². The molecular formula is C35H37N3O4. The highest BCUT2D eigenvalue weighted by Gasteiger charge is 2.34. The summed E-state index contributed by atoms with van der Waals surface area (Å²) in [6.45, 7) is 4.14. The average molecular weight is 564 g/mol. The fraction of sp³-hybridized carbons (Fsp3) is 0.286. The molecule has 2 heterocycles. The molecule has 1 aromatic heterocycles. The second-order valence-electron chi connectivity index (χ2n) is 10.6. The van der Waals surface area contributed by atoms with Gasteiger partial charge in [0.1, 0.15) is 12.7 Å². The highest BCUT2D eigenvalue weighted by atomic mass is 16.5. The number of rotatable bonds is 12. The van der Waals surface area contributed by atoms with E-state index in [0.29, 0.717) is 36.7 Å². The lowest BCUT2D eigenvalue weighted by Crippen LogP contribution is -2.48. The van der Waals surface area contributed by atoms with Crippen LogP contribution in [0.3, 0.4) is 0 Å². The van der Waals surface area contributed by atoms with Gasteiger partial charge in [-0.3, -0.25) is 9.69 Å². The lowest BCUT2D eigenvalue weighted by molar-refractivity contribution is -0.156. The van der Waals surface area contributed by atoms with Gasteiger partial charge in [0.2, 0.25) is 5.88 Å². The Bertz CT molecular complexity index is 1420. The first-order valence-electron chi connectivity index (χ1n) is 14.5. The zero-order chi connectivity index (χ0) is 29.1. The molecule has 7 heteroatoms. The van der Waals surface area contributed by atoms with Crippen molar-refractivity contribution in [2.75, 3.05) is 25.0 Å². The number of hydrogen-bond acceptors (Lipinski definition) is 7. The predicted molar refractivity (Wildman–Crippen MR) is 163 cm³/mol. The quantitative estimate of drug-likeness (QED) is 0.159. The third-order valence-electron chi connectivity index (χ3n) is 7.68. The molecule has 0 aliphatic carbocycles. The number of likely N-dealkylation sites (tertiary alicyclic amines) is 1. The van der Waals surface area contributed by atoms with E-state index in [-0.39, 0.29) is 23.8 Å². The van der Waals surface area contributed by atoms with Crippen LogP contribution in [-0.2, 0) is 16.1 Å². The van der Waals surface area contributed by atoms with E-state index in [2.05, 4.69) is 22.1 Å². The zero-order valence-corrected chi connectivity index (χ0v) is 23.9. The number of ketones is 1. The number of carbonyl (C=O) groups is 2. The van der Waals surface area contributed by atoms with Crippen molar-refractivity contribution in [3.63, 3.8) is 0 Å². The number of Topliss-reactive ketones (excluding diaryl/α,β-unsaturated/α-hetero) is 1. The largest absolute Gasteiger partial charge is 0.473 e. The summed E-state index contributed by atoms with van der Waals surface area (Å²) < 4.78 is 12.1. The molecule has 0 saturated carbocycles. The smallest absolute Gasteiger partial charge is 0.333 e. The number of benzene rings is 3. The molecule has 3 aromatic carbocycles. The van der Waals surface area contributed by atoms with E-state index < -0.39 is 6.04 Å². The SMILES string of the molecule is CCC1CCN(CC(=O)c2ccccc2)CC1OC(=O)C(Nc1ccccc1)c1ccc(OCc2ccccc2)nc1. The molecule has 0 radical (unpaired) electrons. The molecule has 0 bridgehead atoms. The molecule has 5 rings (SSSR count). The maximum atomic E-state index is 13.8. The summed E-state index contributed by atoms with van der Waals surface area (Å²) in [5, 5.41) is 3.34. The number of carbonyl (C=O) groups excluding carboxylic acids is 2. The molecule has 0 spiro atoms. The molecule has 7 nitrogen and oxygen atoms in total. The summed E-state index contributed by atoms with van der Waals surface area (Å²) in [4.78, 5) is 33.2. The number of esters is 1. The normalized spacial score (nSPS) is 17.6. The number of anilines is 1. The third-order valence-corrected chi connectivity index (χ3v) is 7.68. The highest BCUT2D eigenvalue weighted by Crippen LogP contribution is 2.28. The van der Waals surface area contributed by atoms with E-state index in [4.69, 9.17) is 9.47 Å². The third kappa shape index (κ3) is 7.83. The zero-order valence-electron chi connectivity index (χ0n) is 23.9. The standard InChI is InChI=1S/C35H37N3O4/c1-2-27-20-21-38(23-31(39)28-14-8-4-9-15-28)24-32(27)42-35(40)34(37-30-16-10-5-11-17-30)29-18-19-33(36-22-29)41-25-26-12-6-3-7-13-26/h3-19,22,27,32,34,37H,2,20-21,23-25H2,1H3. The number of nitrogens with one attached hydrogen (secondary N) is 1. The average Bonchev–Trinajstić information content (AvgIpc) is 3.04. The topological polar surface area (TPSA) is 80.8 Å². The Labute approximate surface area is 247 Å². The van der Waals surface area contributed by atoms with Crippen LogP contribution in [0.25, 0.3) is 0 Å². The Hall–Kier alpha value is -4.49. The number of ether oxygens (including phenoxy) is 2. The van der Waals surface area contributed by atoms with Gasteiger partial charge >= 0.3 is 5.97 Å². The second kappa shape index (κ2) is 14.4. The van der Waals surface area contributed by atoms with Gasteiger partial charge in [0.25, 0.3) is 0 Å². The van der Waals surface area contributed by atoms with Crippen molar-refractivity contribution in [2.24, 2.45) is 5.92 Å². The van der Waals surface area contributed by atoms with Crippen molar-refractivity contribution in [3.05, 3.63) is 126 Å². The van der Waals surface area contributed by atoms with E-state index in [1.807, 2.05) is 97.1 Å². The van der Waals surface area contributed by atoms with Crippen molar-refractivity contribution in [1.29, 1.82) is 0 Å². The first-order chi connectivity index (χ1) is 20.6. The molecule has 1 aliphatic heterocycles. The first kappa shape index (κ1) is 29.0. The van der Waals surface area contributed by atoms with Crippen LogP contribution in [0.5, 0.6) is 5.88 Å². The summed E-state index contributed by atoms with van der Waals surface area (Å²) in [7, 11) is 0. The maximum absolute atomic E-state index is 13.8. The number of nitrogens with zero attached hydrogens (tertiary/aromatic N) is 2. The van der Waals surface area contributed by atoms with Gasteiger partial charge < -0.3 is 14.8 Å².